The molecule has 3 rings (SSSR count). The number of nitrogens with one attached hydrogen (secondary N) is 1. The van der Waals surface area contributed by atoms with Gasteiger partial charge in [-0.15, -0.1) is 21.5 Å². The Balaban J connectivity index is 1.81. The lowest BCUT2D eigenvalue weighted by atomic mass is 10.0. The molecule has 3 aromatic rings. The van der Waals surface area contributed by atoms with E-state index in [0.29, 0.717) is 41.7 Å². The van der Waals surface area contributed by atoms with E-state index in [1.807, 2.05) is 43.2 Å². The van der Waals surface area contributed by atoms with Crippen molar-refractivity contribution in [2.75, 3.05) is 6.54 Å². The second-order valence-corrected chi connectivity index (χ2v) is 8.12. The van der Waals surface area contributed by atoms with Crippen molar-refractivity contribution < 1.29 is 14.0 Å². The molecule has 3 heterocycles. The van der Waals surface area contributed by atoms with Gasteiger partial charge in [0.1, 0.15) is 0 Å². The van der Waals surface area contributed by atoms with Gasteiger partial charge in [0.25, 0.3) is 5.89 Å². The van der Waals surface area contributed by atoms with Gasteiger partial charge in [0.05, 0.1) is 23.2 Å². The molecule has 0 unspecified atom stereocenters. The number of ketones is 2. The van der Waals surface area contributed by atoms with Crippen molar-refractivity contribution >= 4 is 22.9 Å². The molecule has 7 nitrogen and oxygen atoms in total. The molecule has 1 N–H and O–H groups in total. The predicted octanol–water partition coefficient (Wildman–Crippen LogP) is 4.43. The number of thiophene rings is 1. The molecule has 0 aliphatic rings. The monoisotopic (exact) mass is 414 g/mol. The fourth-order valence-corrected chi connectivity index (χ4v) is 4.23. The largest absolute Gasteiger partial charge is 0.419 e. The topological polar surface area (TPSA) is 92.1 Å². The van der Waals surface area contributed by atoms with Crippen LogP contribution in [0.15, 0.2) is 21.9 Å². The molecule has 0 aromatic carbocycles. The van der Waals surface area contributed by atoms with E-state index in [9.17, 15) is 9.59 Å². The summed E-state index contributed by atoms with van der Waals surface area (Å²) in [5.41, 5.74) is 2.53. The first-order chi connectivity index (χ1) is 13.8. The zero-order valence-corrected chi connectivity index (χ0v) is 18.2. The molecule has 0 aliphatic heterocycles. The first-order valence-corrected chi connectivity index (χ1v) is 10.6. The van der Waals surface area contributed by atoms with Gasteiger partial charge < -0.3 is 9.40 Å². The number of Topliss-reactive ketones (excluding diaryl/α,β-unsaturated/α-hetero) is 2. The van der Waals surface area contributed by atoms with E-state index in [0.717, 1.165) is 17.0 Å². The first-order valence-electron chi connectivity index (χ1n) is 9.68. The second kappa shape index (κ2) is 8.84. The van der Waals surface area contributed by atoms with Crippen LogP contribution in [-0.2, 0) is 6.54 Å². The molecular weight excluding hydrogens is 388 g/mol. The minimum absolute atomic E-state index is 0.0414. The smallest absolute Gasteiger partial charge is 0.257 e. The summed E-state index contributed by atoms with van der Waals surface area (Å²) in [7, 11) is 0. The zero-order valence-electron chi connectivity index (χ0n) is 17.4. The number of carbonyl (C=O) groups is 2. The van der Waals surface area contributed by atoms with Crippen molar-refractivity contribution in [2.45, 2.75) is 53.6 Å². The minimum Gasteiger partial charge on any atom is -0.419 e. The Labute approximate surface area is 174 Å². The van der Waals surface area contributed by atoms with Crippen molar-refractivity contribution in [1.82, 2.24) is 20.1 Å². The van der Waals surface area contributed by atoms with E-state index in [1.165, 1.54) is 18.3 Å². The Morgan fingerprint density at radius 3 is 2.66 bits per heavy atom. The Hall–Kier alpha value is -2.58. The fraction of sp³-hybridized carbons (Fsp3) is 0.429. The highest BCUT2D eigenvalue weighted by molar-refractivity contribution is 7.13. The van der Waals surface area contributed by atoms with Crippen LogP contribution in [0.3, 0.4) is 0 Å². The van der Waals surface area contributed by atoms with Crippen LogP contribution in [0.5, 0.6) is 0 Å². The maximum atomic E-state index is 13.2. The van der Waals surface area contributed by atoms with Gasteiger partial charge in [0, 0.05) is 11.3 Å². The number of H-pyrrole nitrogens is 1. The summed E-state index contributed by atoms with van der Waals surface area (Å²) in [5, 5.41) is 10.2. The molecule has 0 saturated heterocycles. The van der Waals surface area contributed by atoms with Gasteiger partial charge >= 0.3 is 0 Å². The number of hydrogen-bond donors (Lipinski definition) is 1. The Morgan fingerprint density at radius 1 is 1.31 bits per heavy atom. The number of hydrogen-bond acceptors (Lipinski definition) is 7. The Kier molecular flexibility index (Phi) is 6.44. The molecular formula is C21H26N4O3S. The van der Waals surface area contributed by atoms with Gasteiger partial charge in [0.15, 0.2) is 11.6 Å². The van der Waals surface area contributed by atoms with Crippen LogP contribution >= 0.6 is 11.3 Å². The molecule has 0 bridgehead atoms. The Bertz CT molecular complexity index is 1000. The van der Waals surface area contributed by atoms with Gasteiger partial charge in [0.2, 0.25) is 5.89 Å². The lowest BCUT2D eigenvalue weighted by Crippen LogP contribution is -2.39. The fourth-order valence-electron chi connectivity index (χ4n) is 3.59. The predicted molar refractivity (Wildman–Crippen MR) is 112 cm³/mol. The van der Waals surface area contributed by atoms with Gasteiger partial charge in [-0.25, -0.2) is 0 Å². The number of carbonyl (C=O) groups excluding carboxylic acids is 2. The van der Waals surface area contributed by atoms with Crippen molar-refractivity contribution in [3.63, 3.8) is 0 Å². The van der Waals surface area contributed by atoms with Crippen LogP contribution in [-0.4, -0.2) is 44.2 Å². The number of aromatic nitrogens is 3. The summed E-state index contributed by atoms with van der Waals surface area (Å²) in [6.07, 6.45) is 0.880. The quantitative estimate of drug-likeness (QED) is 0.521. The number of aromatic amines is 1. The van der Waals surface area contributed by atoms with E-state index in [-0.39, 0.29) is 11.6 Å². The van der Waals surface area contributed by atoms with Crippen LogP contribution in [0.4, 0.5) is 0 Å². The lowest BCUT2D eigenvalue weighted by molar-refractivity contribution is 0.0810. The van der Waals surface area contributed by atoms with Crippen LogP contribution in [0.2, 0.25) is 0 Å². The van der Waals surface area contributed by atoms with Crippen LogP contribution in [0.1, 0.15) is 65.2 Å². The molecule has 8 heteroatoms. The number of rotatable bonds is 9. The molecule has 0 radical (unpaired) electrons. The van der Waals surface area contributed by atoms with Crippen LogP contribution < -0.4 is 0 Å². The second-order valence-electron chi connectivity index (χ2n) is 7.17. The molecule has 1 atom stereocenters. The average molecular weight is 415 g/mol. The van der Waals surface area contributed by atoms with E-state index in [1.54, 1.807) is 0 Å². The van der Waals surface area contributed by atoms with Gasteiger partial charge in [-0.3, -0.25) is 14.5 Å². The highest BCUT2D eigenvalue weighted by atomic mass is 32.1. The third-order valence-corrected chi connectivity index (χ3v) is 5.87. The normalized spacial score (nSPS) is 12.5. The molecule has 0 aliphatic carbocycles. The van der Waals surface area contributed by atoms with Gasteiger partial charge in [-0.2, -0.15) is 0 Å². The van der Waals surface area contributed by atoms with Crippen molar-refractivity contribution in [1.29, 1.82) is 0 Å². The molecule has 154 valence electrons. The molecule has 0 spiro atoms. The summed E-state index contributed by atoms with van der Waals surface area (Å²) in [5.74, 6) is 0.877. The van der Waals surface area contributed by atoms with E-state index >= 15 is 0 Å². The first kappa shape index (κ1) is 21.1. The maximum Gasteiger partial charge on any atom is 0.257 e. The molecule has 29 heavy (non-hydrogen) atoms. The van der Waals surface area contributed by atoms with E-state index in [4.69, 9.17) is 4.42 Å². The summed E-state index contributed by atoms with van der Waals surface area (Å²) in [6, 6.07) is 3.47. The van der Waals surface area contributed by atoms with E-state index in [2.05, 4.69) is 22.1 Å². The van der Waals surface area contributed by atoms with Gasteiger partial charge in [-0.05, 0) is 57.7 Å². The van der Waals surface area contributed by atoms with Gasteiger partial charge in [-0.1, -0.05) is 13.0 Å². The zero-order chi connectivity index (χ0) is 21.1. The van der Waals surface area contributed by atoms with Crippen molar-refractivity contribution in [3.05, 3.63) is 45.9 Å². The maximum absolute atomic E-state index is 13.2. The summed E-state index contributed by atoms with van der Waals surface area (Å²) in [6.45, 7) is 10.2. The minimum atomic E-state index is -0.399. The number of aryl methyl sites for hydroxylation is 1. The summed E-state index contributed by atoms with van der Waals surface area (Å²) in [4.78, 5) is 31.2. The standard InChI is InChI=1S/C21H26N4O3S/c1-6-9-25(11-17-23-24-21(28-17)16-8-7-10-29-16)14(4)20(27)19-12(2)18(15(5)26)13(3)22-19/h7-8,10,14,22H,6,9,11H2,1-5H3/t14-/m0/s1. The third kappa shape index (κ3) is 4.38. The summed E-state index contributed by atoms with van der Waals surface area (Å²) < 4.78 is 5.80. The molecule has 0 amide bonds. The SMILES string of the molecule is CCCN(Cc1nnc(-c2cccs2)o1)[C@@H](C)C(=O)c1[nH]c(C)c(C(C)=O)c1C. The highest BCUT2D eigenvalue weighted by Crippen LogP contribution is 2.25. The molecule has 0 fully saturated rings. The third-order valence-electron chi connectivity index (χ3n) is 5.01. The molecule has 0 saturated carbocycles. The lowest BCUT2D eigenvalue weighted by Gasteiger charge is -2.26. The molecule has 3 aromatic heterocycles. The number of nitrogens with zero attached hydrogens (tertiary/aromatic N) is 3. The average Bonchev–Trinajstić information content (AvgIpc) is 3.40. The van der Waals surface area contributed by atoms with Crippen molar-refractivity contribution in [3.8, 4) is 10.8 Å². The van der Waals surface area contributed by atoms with Crippen LogP contribution in [0, 0.1) is 13.8 Å². The van der Waals surface area contributed by atoms with Crippen LogP contribution in [0.25, 0.3) is 10.8 Å². The highest BCUT2D eigenvalue weighted by Gasteiger charge is 2.28. The Morgan fingerprint density at radius 2 is 2.07 bits per heavy atom. The van der Waals surface area contributed by atoms with E-state index < -0.39 is 6.04 Å². The summed E-state index contributed by atoms with van der Waals surface area (Å²) >= 11 is 1.54. The van der Waals surface area contributed by atoms with Crippen molar-refractivity contribution in [2.24, 2.45) is 0 Å².